The molecule has 0 N–H and O–H groups in total. The molecule has 1 aromatic carbocycles. The summed E-state index contributed by atoms with van der Waals surface area (Å²) < 4.78 is 7.29. The highest BCUT2D eigenvalue weighted by molar-refractivity contribution is 9.10. The molecule has 0 aromatic heterocycles. The Hall–Kier alpha value is -0.490. The first kappa shape index (κ1) is 22.8. The lowest BCUT2D eigenvalue weighted by molar-refractivity contribution is -0.00131. The van der Waals surface area contributed by atoms with Crippen LogP contribution >= 0.6 is 28.1 Å². The average Bonchev–Trinajstić information content (AvgIpc) is 2.64. The van der Waals surface area contributed by atoms with Crippen molar-refractivity contribution in [3.8, 4) is 0 Å². The Bertz CT molecular complexity index is 574. The van der Waals surface area contributed by atoms with Crippen LogP contribution in [0.3, 0.4) is 0 Å². The van der Waals surface area contributed by atoms with Gasteiger partial charge in [-0.1, -0.05) is 40.3 Å². The SMILES string of the molecule is CC(C)N(CCOC1CCC(N(C)C(=S)c2ccc(Br)cc2)CC1)C(C)C. The number of benzene rings is 1. The van der Waals surface area contributed by atoms with E-state index in [4.69, 9.17) is 17.0 Å². The number of thiocarbonyl (C=S) groups is 1. The van der Waals surface area contributed by atoms with Crippen LogP contribution in [0.5, 0.6) is 0 Å². The molecule has 1 saturated carbocycles. The normalized spacial score (nSPS) is 20.5. The van der Waals surface area contributed by atoms with Crippen molar-refractivity contribution in [2.45, 2.75) is 77.6 Å². The number of nitrogens with zero attached hydrogens (tertiary/aromatic N) is 2. The maximum atomic E-state index is 6.20. The standard InChI is InChI=1S/C22H35BrN2OS/c1-16(2)25(17(3)4)14-15-26-21-12-10-20(11-13-21)24(5)22(27)18-6-8-19(23)9-7-18/h6-9,16-17,20-21H,10-15H2,1-5H3. The molecule has 0 heterocycles. The second kappa shape index (κ2) is 10.9. The van der Waals surface area contributed by atoms with Crippen molar-refractivity contribution in [3.63, 3.8) is 0 Å². The molecule has 0 spiro atoms. The zero-order chi connectivity index (χ0) is 20.0. The van der Waals surface area contributed by atoms with E-state index in [1.54, 1.807) is 0 Å². The maximum absolute atomic E-state index is 6.20. The Morgan fingerprint density at radius 1 is 1.07 bits per heavy atom. The van der Waals surface area contributed by atoms with E-state index >= 15 is 0 Å². The molecule has 1 aliphatic rings. The van der Waals surface area contributed by atoms with Crippen LogP contribution in [0.4, 0.5) is 0 Å². The number of rotatable bonds is 8. The summed E-state index contributed by atoms with van der Waals surface area (Å²) in [5.41, 5.74) is 1.12. The molecule has 1 aliphatic carbocycles. The van der Waals surface area contributed by atoms with E-state index in [2.05, 4.69) is 84.7 Å². The quantitative estimate of drug-likeness (QED) is 0.481. The van der Waals surface area contributed by atoms with Crippen LogP contribution in [0.15, 0.2) is 28.7 Å². The lowest BCUT2D eigenvalue weighted by Crippen LogP contribution is -2.42. The first-order chi connectivity index (χ1) is 12.8. The van der Waals surface area contributed by atoms with Gasteiger partial charge in [-0.3, -0.25) is 4.90 Å². The minimum Gasteiger partial charge on any atom is -0.377 e. The van der Waals surface area contributed by atoms with Crippen molar-refractivity contribution >= 4 is 33.1 Å². The van der Waals surface area contributed by atoms with Gasteiger partial charge in [0.25, 0.3) is 0 Å². The number of ether oxygens (including phenoxy) is 1. The Morgan fingerprint density at radius 3 is 2.15 bits per heavy atom. The van der Waals surface area contributed by atoms with Crippen LogP contribution in [-0.4, -0.2) is 59.2 Å². The minimum absolute atomic E-state index is 0.400. The van der Waals surface area contributed by atoms with Gasteiger partial charge in [0, 0.05) is 41.8 Å². The highest BCUT2D eigenvalue weighted by Gasteiger charge is 2.26. The molecule has 152 valence electrons. The molecule has 1 aromatic rings. The zero-order valence-electron chi connectivity index (χ0n) is 17.5. The summed E-state index contributed by atoms with van der Waals surface area (Å²) in [6.07, 6.45) is 4.95. The third-order valence-electron chi connectivity index (χ3n) is 5.63. The van der Waals surface area contributed by atoms with Gasteiger partial charge in [-0.15, -0.1) is 0 Å². The van der Waals surface area contributed by atoms with E-state index in [0.717, 1.165) is 53.9 Å². The molecule has 0 unspecified atom stereocenters. The molecule has 0 amide bonds. The van der Waals surface area contributed by atoms with Gasteiger partial charge in [-0.2, -0.15) is 0 Å². The Balaban J connectivity index is 1.76. The Morgan fingerprint density at radius 2 is 1.63 bits per heavy atom. The molecule has 0 aliphatic heterocycles. The second-order valence-corrected chi connectivity index (χ2v) is 9.45. The monoisotopic (exact) mass is 454 g/mol. The van der Waals surface area contributed by atoms with Crippen LogP contribution in [0.25, 0.3) is 0 Å². The van der Waals surface area contributed by atoms with Gasteiger partial charge in [-0.05, 0) is 65.5 Å². The maximum Gasteiger partial charge on any atom is 0.109 e. The van der Waals surface area contributed by atoms with E-state index in [1.807, 2.05) is 0 Å². The molecular weight excluding hydrogens is 420 g/mol. The summed E-state index contributed by atoms with van der Waals surface area (Å²) in [4.78, 5) is 5.72. The largest absolute Gasteiger partial charge is 0.377 e. The van der Waals surface area contributed by atoms with Crippen molar-refractivity contribution in [1.29, 1.82) is 0 Å². The Kier molecular flexibility index (Phi) is 9.20. The predicted molar refractivity (Wildman–Crippen MR) is 123 cm³/mol. The first-order valence-corrected chi connectivity index (χ1v) is 11.4. The van der Waals surface area contributed by atoms with Gasteiger partial charge in [0.05, 0.1) is 12.7 Å². The average molecular weight is 456 g/mol. The van der Waals surface area contributed by atoms with Crippen LogP contribution in [0.1, 0.15) is 58.9 Å². The summed E-state index contributed by atoms with van der Waals surface area (Å²) in [5.74, 6) is 0. The molecule has 0 atom stereocenters. The van der Waals surface area contributed by atoms with Crippen molar-refractivity contribution in [2.75, 3.05) is 20.2 Å². The van der Waals surface area contributed by atoms with Gasteiger partial charge in [-0.25, -0.2) is 0 Å². The molecule has 0 radical (unpaired) electrons. The first-order valence-electron chi connectivity index (χ1n) is 10.2. The molecule has 1 fully saturated rings. The highest BCUT2D eigenvalue weighted by atomic mass is 79.9. The second-order valence-electron chi connectivity index (χ2n) is 8.15. The van der Waals surface area contributed by atoms with Crippen LogP contribution < -0.4 is 0 Å². The van der Waals surface area contributed by atoms with Gasteiger partial charge in [0.2, 0.25) is 0 Å². The predicted octanol–water partition coefficient (Wildman–Crippen LogP) is 5.50. The summed E-state index contributed by atoms with van der Waals surface area (Å²) in [7, 11) is 2.14. The third-order valence-corrected chi connectivity index (χ3v) is 6.68. The summed E-state index contributed by atoms with van der Waals surface area (Å²) in [5, 5.41) is 0. The van der Waals surface area contributed by atoms with E-state index in [9.17, 15) is 0 Å². The number of hydrogen-bond acceptors (Lipinski definition) is 3. The van der Waals surface area contributed by atoms with E-state index in [-0.39, 0.29) is 0 Å². The fourth-order valence-electron chi connectivity index (χ4n) is 4.00. The number of halogens is 1. The van der Waals surface area contributed by atoms with Gasteiger partial charge < -0.3 is 9.64 Å². The van der Waals surface area contributed by atoms with Crippen molar-refractivity contribution in [3.05, 3.63) is 34.3 Å². The molecule has 0 saturated heterocycles. The number of hydrogen-bond donors (Lipinski definition) is 0. The van der Waals surface area contributed by atoms with Crippen LogP contribution in [0, 0.1) is 0 Å². The molecule has 5 heteroatoms. The lowest BCUT2D eigenvalue weighted by Gasteiger charge is -2.36. The molecule has 2 rings (SSSR count). The molecular formula is C22H35BrN2OS. The zero-order valence-corrected chi connectivity index (χ0v) is 19.9. The smallest absolute Gasteiger partial charge is 0.109 e. The van der Waals surface area contributed by atoms with Gasteiger partial charge >= 0.3 is 0 Å². The highest BCUT2D eigenvalue weighted by Crippen LogP contribution is 2.26. The minimum atomic E-state index is 0.400. The van der Waals surface area contributed by atoms with E-state index in [1.165, 1.54) is 0 Å². The topological polar surface area (TPSA) is 15.7 Å². The summed E-state index contributed by atoms with van der Waals surface area (Å²) in [6.45, 7) is 10.9. The van der Waals surface area contributed by atoms with Crippen molar-refractivity contribution < 1.29 is 4.74 Å². The van der Waals surface area contributed by atoms with Crippen molar-refractivity contribution in [2.24, 2.45) is 0 Å². The summed E-state index contributed by atoms with van der Waals surface area (Å²) in [6, 6.07) is 9.94. The third kappa shape index (κ3) is 6.81. The van der Waals surface area contributed by atoms with E-state index in [0.29, 0.717) is 24.2 Å². The molecule has 0 bridgehead atoms. The fourth-order valence-corrected chi connectivity index (χ4v) is 4.55. The molecule has 3 nitrogen and oxygen atoms in total. The van der Waals surface area contributed by atoms with Gasteiger partial charge in [0.15, 0.2) is 0 Å². The molecule has 27 heavy (non-hydrogen) atoms. The summed E-state index contributed by atoms with van der Waals surface area (Å²) >= 11 is 9.20. The van der Waals surface area contributed by atoms with Crippen LogP contribution in [0.2, 0.25) is 0 Å². The van der Waals surface area contributed by atoms with E-state index < -0.39 is 0 Å². The van der Waals surface area contributed by atoms with Crippen LogP contribution in [-0.2, 0) is 4.74 Å². The van der Waals surface area contributed by atoms with Crippen molar-refractivity contribution in [1.82, 2.24) is 9.80 Å². The lowest BCUT2D eigenvalue weighted by atomic mass is 9.92. The Labute approximate surface area is 179 Å². The van der Waals surface area contributed by atoms with Gasteiger partial charge in [0.1, 0.15) is 4.99 Å². The fraction of sp³-hybridized carbons (Fsp3) is 0.682.